The number of imidazole rings is 1. The SMILES string of the molecule is CC(C)N(C)Cc1cnc2n1CCN(Cc1ccncc1)[C@@H]2C. The Bertz CT molecular complexity index is 634. The number of rotatable bonds is 5. The third kappa shape index (κ3) is 3.46. The van der Waals surface area contributed by atoms with E-state index in [0.717, 1.165) is 26.2 Å². The van der Waals surface area contributed by atoms with Gasteiger partial charge in [0.05, 0.1) is 11.7 Å². The smallest absolute Gasteiger partial charge is 0.126 e. The van der Waals surface area contributed by atoms with Gasteiger partial charge in [-0.15, -0.1) is 0 Å². The summed E-state index contributed by atoms with van der Waals surface area (Å²) in [5, 5.41) is 0. The van der Waals surface area contributed by atoms with Crippen molar-refractivity contribution in [1.29, 1.82) is 0 Å². The first-order valence-corrected chi connectivity index (χ1v) is 8.43. The third-order valence-corrected chi connectivity index (χ3v) is 4.93. The molecule has 0 unspecified atom stereocenters. The van der Waals surface area contributed by atoms with Crippen LogP contribution in [0.5, 0.6) is 0 Å². The summed E-state index contributed by atoms with van der Waals surface area (Å²) in [6.45, 7) is 10.7. The first-order chi connectivity index (χ1) is 11.1. The normalized spacial score (nSPS) is 18.6. The number of aromatic nitrogens is 3. The van der Waals surface area contributed by atoms with E-state index in [1.54, 1.807) is 0 Å². The zero-order valence-electron chi connectivity index (χ0n) is 14.6. The summed E-state index contributed by atoms with van der Waals surface area (Å²) in [7, 11) is 2.17. The Labute approximate surface area is 139 Å². The largest absolute Gasteiger partial charge is 0.328 e. The van der Waals surface area contributed by atoms with Gasteiger partial charge >= 0.3 is 0 Å². The minimum absolute atomic E-state index is 0.343. The van der Waals surface area contributed by atoms with Crippen LogP contribution >= 0.6 is 0 Å². The highest BCUT2D eigenvalue weighted by Crippen LogP contribution is 2.27. The fraction of sp³-hybridized carbons (Fsp3) is 0.556. The van der Waals surface area contributed by atoms with Gasteiger partial charge in [0.2, 0.25) is 0 Å². The lowest BCUT2D eigenvalue weighted by atomic mass is 10.1. The van der Waals surface area contributed by atoms with E-state index in [1.165, 1.54) is 17.1 Å². The zero-order chi connectivity index (χ0) is 16.4. The first kappa shape index (κ1) is 16.1. The molecule has 3 heterocycles. The predicted molar refractivity (Wildman–Crippen MR) is 91.9 cm³/mol. The van der Waals surface area contributed by atoms with E-state index in [0.29, 0.717) is 12.1 Å². The van der Waals surface area contributed by atoms with Gasteiger partial charge in [-0.25, -0.2) is 4.98 Å². The summed E-state index contributed by atoms with van der Waals surface area (Å²) < 4.78 is 2.41. The number of pyridine rings is 1. The van der Waals surface area contributed by atoms with Crippen LogP contribution in [-0.4, -0.2) is 44.0 Å². The lowest BCUT2D eigenvalue weighted by molar-refractivity contribution is 0.152. The topological polar surface area (TPSA) is 37.2 Å². The highest BCUT2D eigenvalue weighted by Gasteiger charge is 2.27. The highest BCUT2D eigenvalue weighted by molar-refractivity contribution is 5.14. The molecular formula is C18H27N5. The molecule has 0 N–H and O–H groups in total. The molecule has 0 fully saturated rings. The van der Waals surface area contributed by atoms with Gasteiger partial charge in [-0.3, -0.25) is 14.8 Å². The molecule has 0 spiro atoms. The Hall–Kier alpha value is -1.72. The van der Waals surface area contributed by atoms with Gasteiger partial charge in [-0.1, -0.05) is 0 Å². The maximum absolute atomic E-state index is 4.72. The first-order valence-electron chi connectivity index (χ1n) is 8.43. The lowest BCUT2D eigenvalue weighted by Gasteiger charge is -2.35. The minimum atomic E-state index is 0.343. The number of nitrogens with zero attached hydrogens (tertiary/aromatic N) is 5. The van der Waals surface area contributed by atoms with Crippen LogP contribution in [-0.2, 0) is 19.6 Å². The molecule has 2 aromatic heterocycles. The molecule has 0 aromatic carbocycles. The van der Waals surface area contributed by atoms with Crippen molar-refractivity contribution in [1.82, 2.24) is 24.3 Å². The highest BCUT2D eigenvalue weighted by atomic mass is 15.3. The molecule has 0 bridgehead atoms. The number of hydrogen-bond donors (Lipinski definition) is 0. The van der Waals surface area contributed by atoms with Crippen LogP contribution in [0.2, 0.25) is 0 Å². The lowest BCUT2D eigenvalue weighted by Crippen LogP contribution is -2.37. The molecule has 0 amide bonds. The predicted octanol–water partition coefficient (Wildman–Crippen LogP) is 2.70. The molecule has 5 heteroatoms. The molecule has 124 valence electrons. The summed E-state index contributed by atoms with van der Waals surface area (Å²) in [4.78, 5) is 13.7. The van der Waals surface area contributed by atoms with Crippen molar-refractivity contribution in [3.8, 4) is 0 Å². The summed E-state index contributed by atoms with van der Waals surface area (Å²) in [6.07, 6.45) is 5.79. The Kier molecular flexibility index (Phi) is 4.78. The van der Waals surface area contributed by atoms with Crippen molar-refractivity contribution >= 4 is 0 Å². The second kappa shape index (κ2) is 6.81. The second-order valence-corrected chi connectivity index (χ2v) is 6.77. The van der Waals surface area contributed by atoms with Crippen molar-refractivity contribution in [2.75, 3.05) is 13.6 Å². The molecule has 1 aliphatic heterocycles. The average molecular weight is 313 g/mol. The quantitative estimate of drug-likeness (QED) is 0.850. The zero-order valence-corrected chi connectivity index (χ0v) is 14.6. The standard InChI is InChI=1S/C18H27N5/c1-14(2)21(4)13-17-11-20-18-15(3)22(9-10-23(17)18)12-16-5-7-19-8-6-16/h5-8,11,14-15H,9-10,12-13H2,1-4H3/t15-/m1/s1. The van der Waals surface area contributed by atoms with Gasteiger partial charge in [-0.05, 0) is 45.5 Å². The molecule has 0 saturated carbocycles. The summed E-state index contributed by atoms with van der Waals surface area (Å²) in [5.41, 5.74) is 2.64. The molecule has 0 saturated heterocycles. The molecule has 0 aliphatic carbocycles. The molecule has 0 radical (unpaired) electrons. The average Bonchev–Trinajstić information content (AvgIpc) is 2.95. The van der Waals surface area contributed by atoms with Crippen LogP contribution in [0, 0.1) is 0 Å². The third-order valence-electron chi connectivity index (χ3n) is 4.93. The molecule has 23 heavy (non-hydrogen) atoms. The fourth-order valence-electron chi connectivity index (χ4n) is 3.11. The van der Waals surface area contributed by atoms with Crippen molar-refractivity contribution in [3.63, 3.8) is 0 Å². The van der Waals surface area contributed by atoms with E-state index in [-0.39, 0.29) is 0 Å². The Balaban J connectivity index is 1.73. The van der Waals surface area contributed by atoms with E-state index in [9.17, 15) is 0 Å². The minimum Gasteiger partial charge on any atom is -0.328 e. The monoisotopic (exact) mass is 313 g/mol. The van der Waals surface area contributed by atoms with Gasteiger partial charge in [0, 0.05) is 50.8 Å². The van der Waals surface area contributed by atoms with E-state index in [1.807, 2.05) is 12.4 Å². The molecule has 5 nitrogen and oxygen atoms in total. The van der Waals surface area contributed by atoms with Crippen LogP contribution in [0.25, 0.3) is 0 Å². The Morgan fingerprint density at radius 1 is 1.26 bits per heavy atom. The summed E-state index contributed by atoms with van der Waals surface area (Å²) in [6, 6.07) is 5.08. The van der Waals surface area contributed by atoms with Crippen molar-refractivity contribution in [3.05, 3.63) is 47.8 Å². The second-order valence-electron chi connectivity index (χ2n) is 6.77. The Morgan fingerprint density at radius 2 is 2.00 bits per heavy atom. The van der Waals surface area contributed by atoms with Gasteiger partial charge in [-0.2, -0.15) is 0 Å². The van der Waals surface area contributed by atoms with Crippen LogP contribution < -0.4 is 0 Å². The fourth-order valence-corrected chi connectivity index (χ4v) is 3.11. The van der Waals surface area contributed by atoms with Crippen molar-refractivity contribution in [2.45, 2.75) is 52.5 Å². The summed E-state index contributed by atoms with van der Waals surface area (Å²) >= 11 is 0. The molecule has 3 rings (SSSR count). The maximum Gasteiger partial charge on any atom is 0.126 e. The van der Waals surface area contributed by atoms with E-state index >= 15 is 0 Å². The van der Waals surface area contributed by atoms with E-state index in [2.05, 4.69) is 65.5 Å². The van der Waals surface area contributed by atoms with Crippen molar-refractivity contribution in [2.24, 2.45) is 0 Å². The van der Waals surface area contributed by atoms with Crippen LogP contribution in [0.3, 0.4) is 0 Å². The summed E-state index contributed by atoms with van der Waals surface area (Å²) in [5.74, 6) is 1.19. The molecule has 2 aromatic rings. The maximum atomic E-state index is 4.72. The van der Waals surface area contributed by atoms with Crippen LogP contribution in [0.1, 0.15) is 43.9 Å². The van der Waals surface area contributed by atoms with Gasteiger partial charge in [0.15, 0.2) is 0 Å². The molecule has 1 aliphatic rings. The number of hydrogen-bond acceptors (Lipinski definition) is 4. The van der Waals surface area contributed by atoms with Gasteiger partial charge < -0.3 is 4.57 Å². The molecular weight excluding hydrogens is 286 g/mol. The van der Waals surface area contributed by atoms with Gasteiger partial charge in [0.1, 0.15) is 5.82 Å². The van der Waals surface area contributed by atoms with Gasteiger partial charge in [0.25, 0.3) is 0 Å². The molecule has 1 atom stereocenters. The van der Waals surface area contributed by atoms with Crippen molar-refractivity contribution < 1.29 is 0 Å². The Morgan fingerprint density at radius 3 is 2.70 bits per heavy atom. The van der Waals surface area contributed by atoms with E-state index in [4.69, 9.17) is 4.98 Å². The number of fused-ring (bicyclic) bond motifs is 1. The van der Waals surface area contributed by atoms with E-state index < -0.39 is 0 Å². The van der Waals surface area contributed by atoms with Crippen LogP contribution in [0.15, 0.2) is 30.7 Å². The van der Waals surface area contributed by atoms with Crippen LogP contribution in [0.4, 0.5) is 0 Å².